The van der Waals surface area contributed by atoms with Gasteiger partial charge in [-0.3, -0.25) is 9.79 Å². The van der Waals surface area contributed by atoms with E-state index in [1.807, 2.05) is 0 Å². The standard InChI is InChI=1S/C13H23NOSi/c1-13(2)9-14-11(12(15)16(13)3)10-7-5-4-6-8-10/h10,16H,4-9H2,1-3H3. The Labute approximate surface area is 100 Å². The van der Waals surface area contributed by atoms with Gasteiger partial charge >= 0.3 is 0 Å². The molecule has 2 aliphatic rings. The van der Waals surface area contributed by atoms with Gasteiger partial charge in [-0.05, 0) is 17.9 Å². The lowest BCUT2D eigenvalue weighted by molar-refractivity contribution is -0.107. The highest BCUT2D eigenvalue weighted by atomic mass is 28.3. The van der Waals surface area contributed by atoms with Crippen molar-refractivity contribution in [2.24, 2.45) is 10.9 Å². The summed E-state index contributed by atoms with van der Waals surface area (Å²) in [7, 11) is -1.30. The maximum Gasteiger partial charge on any atom is 0.150 e. The van der Waals surface area contributed by atoms with Gasteiger partial charge in [0.15, 0.2) is 5.41 Å². The van der Waals surface area contributed by atoms with Gasteiger partial charge in [0.25, 0.3) is 0 Å². The summed E-state index contributed by atoms with van der Waals surface area (Å²) >= 11 is 0. The molecule has 1 fully saturated rings. The molecule has 0 amide bonds. The van der Waals surface area contributed by atoms with E-state index in [-0.39, 0.29) is 5.04 Å². The van der Waals surface area contributed by atoms with E-state index in [1.54, 1.807) is 0 Å². The van der Waals surface area contributed by atoms with E-state index in [2.05, 4.69) is 25.4 Å². The summed E-state index contributed by atoms with van der Waals surface area (Å²) in [4.78, 5) is 17.0. The highest BCUT2D eigenvalue weighted by molar-refractivity contribution is 7.02. The predicted octanol–water partition coefficient (Wildman–Crippen LogP) is 2.77. The molecule has 16 heavy (non-hydrogen) atoms. The van der Waals surface area contributed by atoms with E-state index in [9.17, 15) is 4.79 Å². The molecule has 0 aromatic rings. The number of aliphatic imine (C=N–C) groups is 1. The van der Waals surface area contributed by atoms with E-state index in [4.69, 9.17) is 0 Å². The van der Waals surface area contributed by atoms with Crippen LogP contribution in [0, 0.1) is 5.92 Å². The zero-order valence-corrected chi connectivity index (χ0v) is 11.9. The maximum atomic E-state index is 12.4. The summed E-state index contributed by atoms with van der Waals surface area (Å²) in [6.45, 7) is 7.52. The fourth-order valence-electron chi connectivity index (χ4n) is 2.79. The molecule has 1 heterocycles. The lowest BCUT2D eigenvalue weighted by atomic mass is 9.86. The second-order valence-electron chi connectivity index (χ2n) is 6.11. The van der Waals surface area contributed by atoms with Crippen LogP contribution < -0.4 is 0 Å². The van der Waals surface area contributed by atoms with Crippen molar-refractivity contribution >= 4 is 19.9 Å². The Balaban J connectivity index is 2.16. The second-order valence-corrected chi connectivity index (χ2v) is 9.64. The molecule has 3 heteroatoms. The van der Waals surface area contributed by atoms with Gasteiger partial charge in [-0.15, -0.1) is 0 Å². The number of carbonyl (C=O) groups is 1. The maximum absolute atomic E-state index is 12.4. The lowest BCUT2D eigenvalue weighted by Crippen LogP contribution is -2.46. The predicted molar refractivity (Wildman–Crippen MR) is 70.9 cm³/mol. The highest BCUT2D eigenvalue weighted by Crippen LogP contribution is 2.35. The van der Waals surface area contributed by atoms with Crippen LogP contribution in [0.15, 0.2) is 4.99 Å². The molecule has 0 aromatic heterocycles. The second kappa shape index (κ2) is 4.44. The zero-order chi connectivity index (χ0) is 11.8. The summed E-state index contributed by atoms with van der Waals surface area (Å²) < 4.78 is 0. The third kappa shape index (κ3) is 2.15. The minimum atomic E-state index is -1.30. The van der Waals surface area contributed by atoms with Crippen LogP contribution in [0.4, 0.5) is 0 Å². The van der Waals surface area contributed by atoms with Crippen LogP contribution in [0.25, 0.3) is 0 Å². The van der Waals surface area contributed by atoms with Crippen molar-refractivity contribution in [1.29, 1.82) is 0 Å². The van der Waals surface area contributed by atoms with Crippen molar-refractivity contribution in [3.05, 3.63) is 0 Å². The lowest BCUT2D eigenvalue weighted by Gasteiger charge is -2.35. The number of hydrogen-bond donors (Lipinski definition) is 0. The highest BCUT2D eigenvalue weighted by Gasteiger charge is 2.40. The number of rotatable bonds is 1. The van der Waals surface area contributed by atoms with Crippen LogP contribution in [0.5, 0.6) is 0 Å². The molecule has 0 N–H and O–H groups in total. The first-order chi connectivity index (χ1) is 7.52. The van der Waals surface area contributed by atoms with Gasteiger partial charge in [0.1, 0.15) is 8.80 Å². The van der Waals surface area contributed by atoms with Crippen LogP contribution in [0.3, 0.4) is 0 Å². The van der Waals surface area contributed by atoms with Crippen molar-refractivity contribution in [3.63, 3.8) is 0 Å². The molecule has 2 rings (SSSR count). The largest absolute Gasteiger partial charge is 0.299 e. The number of nitrogens with zero attached hydrogens (tertiary/aromatic N) is 1. The first-order valence-electron chi connectivity index (χ1n) is 6.61. The molecule has 1 unspecified atom stereocenters. The monoisotopic (exact) mass is 237 g/mol. The number of carbonyl (C=O) groups excluding carboxylic acids is 1. The Morgan fingerprint density at radius 1 is 1.25 bits per heavy atom. The number of hydrogen-bond acceptors (Lipinski definition) is 2. The van der Waals surface area contributed by atoms with E-state index in [0.29, 0.717) is 11.3 Å². The van der Waals surface area contributed by atoms with Crippen molar-refractivity contribution < 1.29 is 4.79 Å². The molecular formula is C13H23NOSi. The summed E-state index contributed by atoms with van der Waals surface area (Å²) in [6.07, 6.45) is 6.32. The fraction of sp³-hybridized carbons (Fsp3) is 0.846. The first-order valence-corrected chi connectivity index (χ1v) is 8.92. The summed E-state index contributed by atoms with van der Waals surface area (Å²) in [5.74, 6) is 0.507. The molecule has 0 saturated heterocycles. The molecule has 1 saturated carbocycles. The molecule has 1 aliphatic heterocycles. The third-order valence-electron chi connectivity index (χ3n) is 4.47. The van der Waals surface area contributed by atoms with E-state index in [0.717, 1.165) is 12.3 Å². The Morgan fingerprint density at radius 2 is 1.88 bits per heavy atom. The van der Waals surface area contributed by atoms with Crippen LogP contribution in [-0.2, 0) is 4.79 Å². The average Bonchev–Trinajstić information content (AvgIpc) is 2.27. The van der Waals surface area contributed by atoms with Crippen molar-refractivity contribution in [3.8, 4) is 0 Å². The molecule has 90 valence electrons. The Hall–Kier alpha value is -0.443. The van der Waals surface area contributed by atoms with Crippen LogP contribution >= 0.6 is 0 Å². The zero-order valence-electron chi connectivity index (χ0n) is 10.8. The van der Waals surface area contributed by atoms with E-state index in [1.165, 1.54) is 32.1 Å². The molecule has 0 bridgehead atoms. The third-order valence-corrected chi connectivity index (χ3v) is 8.08. The summed E-state index contributed by atoms with van der Waals surface area (Å²) in [5, 5.41) is 0.651. The molecule has 2 nitrogen and oxygen atoms in total. The Morgan fingerprint density at radius 3 is 2.50 bits per heavy atom. The minimum Gasteiger partial charge on any atom is -0.299 e. The minimum absolute atomic E-state index is 0.190. The molecular weight excluding hydrogens is 214 g/mol. The topological polar surface area (TPSA) is 29.4 Å². The van der Waals surface area contributed by atoms with Crippen molar-refractivity contribution in [2.75, 3.05) is 6.54 Å². The Bertz CT molecular complexity index is 316. The molecule has 1 aliphatic carbocycles. The van der Waals surface area contributed by atoms with Gasteiger partial charge in [0.2, 0.25) is 0 Å². The van der Waals surface area contributed by atoms with Gasteiger partial charge in [-0.25, -0.2) is 0 Å². The smallest absolute Gasteiger partial charge is 0.150 e. The van der Waals surface area contributed by atoms with Gasteiger partial charge in [0.05, 0.1) is 5.71 Å². The van der Waals surface area contributed by atoms with E-state index >= 15 is 0 Å². The fourth-order valence-corrected chi connectivity index (χ4v) is 4.63. The van der Waals surface area contributed by atoms with Gasteiger partial charge in [0, 0.05) is 12.5 Å². The molecule has 0 spiro atoms. The van der Waals surface area contributed by atoms with Crippen LogP contribution in [0.1, 0.15) is 46.0 Å². The Kier molecular flexibility index (Phi) is 3.33. The molecule has 0 radical (unpaired) electrons. The van der Waals surface area contributed by atoms with Gasteiger partial charge < -0.3 is 0 Å². The summed E-state index contributed by atoms with van der Waals surface area (Å²) in [6, 6.07) is 0. The van der Waals surface area contributed by atoms with E-state index < -0.39 is 8.80 Å². The van der Waals surface area contributed by atoms with Crippen LogP contribution in [-0.4, -0.2) is 26.5 Å². The van der Waals surface area contributed by atoms with Crippen molar-refractivity contribution in [1.82, 2.24) is 0 Å². The van der Waals surface area contributed by atoms with Crippen LogP contribution in [0.2, 0.25) is 11.6 Å². The van der Waals surface area contributed by atoms with Gasteiger partial charge in [-0.1, -0.05) is 39.7 Å². The van der Waals surface area contributed by atoms with Crippen molar-refractivity contribution in [2.45, 2.75) is 57.5 Å². The molecule has 0 aromatic carbocycles. The van der Waals surface area contributed by atoms with Gasteiger partial charge in [-0.2, -0.15) is 0 Å². The average molecular weight is 237 g/mol. The normalized spacial score (nSPS) is 31.3. The first kappa shape index (κ1) is 12.0. The quantitative estimate of drug-likeness (QED) is 0.645. The SMILES string of the molecule is C[SiH]1C(=O)C(C2CCCCC2)=NCC1(C)C. The summed E-state index contributed by atoms with van der Waals surface area (Å²) in [5.41, 5.74) is 0.984. The molecule has 1 atom stereocenters.